The van der Waals surface area contributed by atoms with Crippen molar-refractivity contribution in [2.75, 3.05) is 6.61 Å². The lowest BCUT2D eigenvalue weighted by atomic mass is 9.84. The van der Waals surface area contributed by atoms with Gasteiger partial charge in [-0.3, -0.25) is 4.79 Å². The molecular formula is C14H25NO5. The Labute approximate surface area is 119 Å². The van der Waals surface area contributed by atoms with Crippen molar-refractivity contribution < 1.29 is 24.2 Å². The molecule has 0 bridgehead atoms. The number of carbonyl (C=O) groups is 2. The number of hydrogen-bond acceptors (Lipinski definition) is 5. The first kappa shape index (κ1) is 16.8. The van der Waals surface area contributed by atoms with E-state index in [-0.39, 0.29) is 11.9 Å². The van der Waals surface area contributed by atoms with E-state index in [1.807, 2.05) is 0 Å². The van der Waals surface area contributed by atoms with Crippen LogP contribution in [0.3, 0.4) is 0 Å². The summed E-state index contributed by atoms with van der Waals surface area (Å²) in [5, 5.41) is 12.6. The highest BCUT2D eigenvalue weighted by atomic mass is 16.6. The van der Waals surface area contributed by atoms with Gasteiger partial charge in [0.05, 0.1) is 24.7 Å². The molecule has 1 unspecified atom stereocenters. The predicted molar refractivity (Wildman–Crippen MR) is 73.1 cm³/mol. The number of aliphatic hydroxyl groups is 1. The van der Waals surface area contributed by atoms with Crippen LogP contribution >= 0.6 is 0 Å². The third-order valence-electron chi connectivity index (χ3n) is 3.14. The minimum absolute atomic E-state index is 0.268. The van der Waals surface area contributed by atoms with Crippen LogP contribution in [-0.2, 0) is 14.3 Å². The third-order valence-corrected chi connectivity index (χ3v) is 3.14. The van der Waals surface area contributed by atoms with Gasteiger partial charge < -0.3 is 19.9 Å². The van der Waals surface area contributed by atoms with Gasteiger partial charge in [-0.1, -0.05) is 0 Å². The first-order valence-electron chi connectivity index (χ1n) is 7.07. The van der Waals surface area contributed by atoms with Crippen LogP contribution in [0.25, 0.3) is 0 Å². The molecule has 0 aromatic carbocycles. The van der Waals surface area contributed by atoms with Gasteiger partial charge in [-0.05, 0) is 47.0 Å². The molecule has 2 N–H and O–H groups in total. The Bertz CT molecular complexity index is 350. The molecule has 0 aromatic rings. The molecule has 116 valence electrons. The van der Waals surface area contributed by atoms with E-state index in [1.165, 1.54) is 0 Å². The van der Waals surface area contributed by atoms with Crippen LogP contribution in [-0.4, -0.2) is 41.5 Å². The lowest BCUT2D eigenvalue weighted by molar-refractivity contribution is -0.150. The average Bonchev–Trinajstić information content (AvgIpc) is 2.29. The Morgan fingerprint density at radius 3 is 2.50 bits per heavy atom. The monoisotopic (exact) mass is 287 g/mol. The average molecular weight is 287 g/mol. The van der Waals surface area contributed by atoms with E-state index in [0.717, 1.165) is 0 Å². The highest BCUT2D eigenvalue weighted by Crippen LogP contribution is 2.26. The van der Waals surface area contributed by atoms with Gasteiger partial charge in [-0.25, -0.2) is 4.79 Å². The molecule has 6 heteroatoms. The molecule has 3 atom stereocenters. The first-order chi connectivity index (χ1) is 9.23. The minimum Gasteiger partial charge on any atom is -0.466 e. The van der Waals surface area contributed by atoms with Crippen molar-refractivity contribution in [3.05, 3.63) is 0 Å². The van der Waals surface area contributed by atoms with E-state index in [4.69, 9.17) is 9.47 Å². The fraction of sp³-hybridized carbons (Fsp3) is 0.857. The number of esters is 1. The molecule has 0 aromatic heterocycles. The van der Waals surface area contributed by atoms with Crippen LogP contribution in [0.15, 0.2) is 0 Å². The Hall–Kier alpha value is -1.30. The SMILES string of the molecule is CCOC(=O)[C@H]1CC[C@@H](O)C(NC(=O)OC(C)(C)C)C1. The molecule has 1 aliphatic carbocycles. The number of hydrogen-bond donors (Lipinski definition) is 2. The summed E-state index contributed by atoms with van der Waals surface area (Å²) in [6.45, 7) is 7.40. The fourth-order valence-electron chi connectivity index (χ4n) is 2.24. The van der Waals surface area contributed by atoms with E-state index < -0.39 is 23.8 Å². The number of rotatable bonds is 3. The van der Waals surface area contributed by atoms with Crippen LogP contribution in [0, 0.1) is 5.92 Å². The van der Waals surface area contributed by atoms with Gasteiger partial charge in [0.15, 0.2) is 0 Å². The van der Waals surface area contributed by atoms with Gasteiger partial charge in [-0.15, -0.1) is 0 Å². The molecule has 0 aliphatic heterocycles. The fourth-order valence-corrected chi connectivity index (χ4v) is 2.24. The van der Waals surface area contributed by atoms with Crippen molar-refractivity contribution in [1.29, 1.82) is 0 Å². The highest BCUT2D eigenvalue weighted by Gasteiger charge is 2.35. The van der Waals surface area contributed by atoms with Crippen LogP contribution in [0.5, 0.6) is 0 Å². The molecule has 0 heterocycles. The van der Waals surface area contributed by atoms with E-state index >= 15 is 0 Å². The van der Waals surface area contributed by atoms with E-state index in [2.05, 4.69) is 5.32 Å². The largest absolute Gasteiger partial charge is 0.466 e. The number of ether oxygens (including phenoxy) is 2. The third kappa shape index (κ3) is 5.36. The summed E-state index contributed by atoms with van der Waals surface area (Å²) >= 11 is 0. The van der Waals surface area contributed by atoms with Gasteiger partial charge in [0.25, 0.3) is 0 Å². The molecule has 0 radical (unpaired) electrons. The second-order valence-electron chi connectivity index (χ2n) is 6.08. The van der Waals surface area contributed by atoms with Crippen molar-refractivity contribution in [2.24, 2.45) is 5.92 Å². The van der Waals surface area contributed by atoms with E-state index in [0.29, 0.717) is 25.9 Å². The molecular weight excluding hydrogens is 262 g/mol. The lowest BCUT2D eigenvalue weighted by Gasteiger charge is -2.33. The molecule has 1 aliphatic rings. The molecule has 1 rings (SSSR count). The van der Waals surface area contributed by atoms with Crippen LogP contribution in [0.2, 0.25) is 0 Å². The zero-order valence-electron chi connectivity index (χ0n) is 12.6. The second-order valence-corrected chi connectivity index (χ2v) is 6.08. The molecule has 1 fully saturated rings. The maximum absolute atomic E-state index is 11.7. The normalized spacial score (nSPS) is 26.8. The smallest absolute Gasteiger partial charge is 0.407 e. The van der Waals surface area contributed by atoms with Crippen molar-refractivity contribution >= 4 is 12.1 Å². The quantitative estimate of drug-likeness (QED) is 0.770. The Balaban J connectivity index is 2.54. The second kappa shape index (κ2) is 6.92. The molecule has 1 amide bonds. The Morgan fingerprint density at radius 2 is 1.95 bits per heavy atom. The molecule has 20 heavy (non-hydrogen) atoms. The van der Waals surface area contributed by atoms with Crippen molar-refractivity contribution in [1.82, 2.24) is 5.32 Å². The lowest BCUT2D eigenvalue weighted by Crippen LogP contribution is -2.49. The van der Waals surface area contributed by atoms with Crippen molar-refractivity contribution in [2.45, 2.75) is 64.7 Å². The minimum atomic E-state index is -0.659. The topological polar surface area (TPSA) is 84.9 Å². The number of carbonyl (C=O) groups excluding carboxylic acids is 2. The maximum atomic E-state index is 11.7. The van der Waals surface area contributed by atoms with Gasteiger partial charge in [0.2, 0.25) is 0 Å². The van der Waals surface area contributed by atoms with Crippen molar-refractivity contribution in [3.8, 4) is 0 Å². The molecule has 0 spiro atoms. The van der Waals surface area contributed by atoms with E-state index in [1.54, 1.807) is 27.7 Å². The summed E-state index contributed by atoms with van der Waals surface area (Å²) in [6, 6.07) is -0.479. The summed E-state index contributed by atoms with van der Waals surface area (Å²) < 4.78 is 10.1. The van der Waals surface area contributed by atoms with Gasteiger partial charge in [0, 0.05) is 0 Å². The molecule has 6 nitrogen and oxygen atoms in total. The number of nitrogens with one attached hydrogen (secondary N) is 1. The Kier molecular flexibility index (Phi) is 5.80. The zero-order chi connectivity index (χ0) is 15.3. The predicted octanol–water partition coefficient (Wildman–Crippen LogP) is 1.60. The summed E-state index contributed by atoms with van der Waals surface area (Å²) in [6.07, 6.45) is 0.176. The van der Waals surface area contributed by atoms with Gasteiger partial charge >= 0.3 is 12.1 Å². The van der Waals surface area contributed by atoms with E-state index in [9.17, 15) is 14.7 Å². The number of aliphatic hydroxyl groups excluding tert-OH is 1. The van der Waals surface area contributed by atoms with Crippen LogP contribution < -0.4 is 5.32 Å². The molecule has 1 saturated carbocycles. The highest BCUT2D eigenvalue weighted by molar-refractivity contribution is 5.73. The number of alkyl carbamates (subject to hydrolysis) is 1. The summed E-state index contributed by atoms with van der Waals surface area (Å²) in [4.78, 5) is 23.4. The maximum Gasteiger partial charge on any atom is 0.407 e. The number of amides is 1. The van der Waals surface area contributed by atoms with Crippen molar-refractivity contribution in [3.63, 3.8) is 0 Å². The first-order valence-corrected chi connectivity index (χ1v) is 7.07. The summed E-state index contributed by atoms with van der Waals surface area (Å²) in [7, 11) is 0. The van der Waals surface area contributed by atoms with Gasteiger partial charge in [-0.2, -0.15) is 0 Å². The zero-order valence-corrected chi connectivity index (χ0v) is 12.6. The summed E-state index contributed by atoms with van der Waals surface area (Å²) in [5.41, 5.74) is -0.593. The molecule has 0 saturated heterocycles. The van der Waals surface area contributed by atoms with Crippen LogP contribution in [0.1, 0.15) is 47.0 Å². The van der Waals surface area contributed by atoms with Crippen LogP contribution in [0.4, 0.5) is 4.79 Å². The van der Waals surface area contributed by atoms with Gasteiger partial charge in [0.1, 0.15) is 5.60 Å². The Morgan fingerprint density at radius 1 is 1.30 bits per heavy atom. The summed E-state index contributed by atoms with van der Waals surface area (Å²) in [5.74, 6) is -0.548. The standard InChI is InChI=1S/C14H25NO5/c1-5-19-12(17)9-6-7-11(16)10(8-9)15-13(18)20-14(2,3)4/h9-11,16H,5-8H2,1-4H3,(H,15,18)/t9-,10?,11+/m0/s1.